The summed E-state index contributed by atoms with van der Waals surface area (Å²) in [7, 11) is -3.23. The number of fused-ring (bicyclic) bond motifs is 1. The Hall–Kier alpha value is -2.77. The number of aryl methyl sites for hydroxylation is 1. The van der Waals surface area contributed by atoms with Gasteiger partial charge in [-0.2, -0.15) is 5.26 Å². The SMILES string of the molecule is CCOC(=O)c1c(NC(=O)c2ccc(C#N)c(C)n2)sc2c1CCS(=O)(=O)C2. The van der Waals surface area contributed by atoms with E-state index in [1.165, 1.54) is 12.1 Å². The number of hydrogen-bond acceptors (Lipinski definition) is 8. The maximum atomic E-state index is 12.6. The van der Waals surface area contributed by atoms with E-state index in [1.807, 2.05) is 6.07 Å². The summed E-state index contributed by atoms with van der Waals surface area (Å²) in [6.45, 7) is 3.45. The Morgan fingerprint density at radius 2 is 2.14 bits per heavy atom. The Morgan fingerprint density at radius 1 is 1.39 bits per heavy atom. The van der Waals surface area contributed by atoms with Crippen LogP contribution in [0.5, 0.6) is 0 Å². The van der Waals surface area contributed by atoms with Crippen LogP contribution in [0.3, 0.4) is 0 Å². The van der Waals surface area contributed by atoms with E-state index >= 15 is 0 Å². The highest BCUT2D eigenvalue weighted by molar-refractivity contribution is 7.90. The summed E-state index contributed by atoms with van der Waals surface area (Å²) in [6.07, 6.45) is 0.201. The second kappa shape index (κ2) is 7.69. The number of nitriles is 1. The van der Waals surface area contributed by atoms with Crippen LogP contribution in [0.1, 0.15) is 49.5 Å². The largest absolute Gasteiger partial charge is 0.462 e. The number of anilines is 1. The van der Waals surface area contributed by atoms with Gasteiger partial charge < -0.3 is 10.1 Å². The Bertz CT molecular complexity index is 1110. The molecule has 2 aromatic rings. The lowest BCUT2D eigenvalue weighted by Gasteiger charge is -2.13. The van der Waals surface area contributed by atoms with Crippen molar-refractivity contribution in [3.63, 3.8) is 0 Å². The maximum Gasteiger partial charge on any atom is 0.341 e. The van der Waals surface area contributed by atoms with Gasteiger partial charge in [-0.3, -0.25) is 4.79 Å². The van der Waals surface area contributed by atoms with Crippen LogP contribution in [0.15, 0.2) is 12.1 Å². The molecule has 1 aliphatic heterocycles. The molecule has 0 spiro atoms. The van der Waals surface area contributed by atoms with Crippen LogP contribution in [0.2, 0.25) is 0 Å². The van der Waals surface area contributed by atoms with Gasteiger partial charge in [0, 0.05) is 4.88 Å². The standard InChI is InChI=1S/C18H17N3O5S2/c1-3-26-18(23)15-12-6-7-28(24,25)9-14(12)27-17(15)21-16(22)13-5-4-11(8-19)10(2)20-13/h4-5H,3,6-7,9H2,1-2H3,(H,21,22). The lowest BCUT2D eigenvalue weighted by molar-refractivity contribution is 0.0527. The van der Waals surface area contributed by atoms with Gasteiger partial charge in [-0.1, -0.05) is 0 Å². The van der Waals surface area contributed by atoms with Crippen molar-refractivity contribution in [1.82, 2.24) is 4.98 Å². The van der Waals surface area contributed by atoms with Crippen molar-refractivity contribution in [2.75, 3.05) is 17.7 Å². The van der Waals surface area contributed by atoms with Crippen molar-refractivity contribution in [2.24, 2.45) is 0 Å². The molecular weight excluding hydrogens is 402 g/mol. The van der Waals surface area contributed by atoms with Crippen LogP contribution in [0, 0.1) is 18.3 Å². The van der Waals surface area contributed by atoms with E-state index < -0.39 is 21.7 Å². The van der Waals surface area contributed by atoms with Gasteiger partial charge in [0.2, 0.25) is 0 Å². The molecule has 0 aromatic carbocycles. The summed E-state index contributed by atoms with van der Waals surface area (Å²) >= 11 is 1.06. The molecule has 28 heavy (non-hydrogen) atoms. The number of nitrogens with one attached hydrogen (secondary N) is 1. The Kier molecular flexibility index (Phi) is 5.49. The summed E-state index contributed by atoms with van der Waals surface area (Å²) in [6, 6.07) is 4.89. The summed E-state index contributed by atoms with van der Waals surface area (Å²) in [5.74, 6) is -1.37. The summed E-state index contributed by atoms with van der Waals surface area (Å²) in [5.41, 5.74) is 1.68. The number of aromatic nitrogens is 1. The number of esters is 1. The van der Waals surface area contributed by atoms with Crippen molar-refractivity contribution in [3.05, 3.63) is 45.1 Å². The number of pyridine rings is 1. The Morgan fingerprint density at radius 3 is 2.79 bits per heavy atom. The first-order valence-corrected chi connectivity index (χ1v) is 11.1. The minimum atomic E-state index is -3.23. The lowest BCUT2D eigenvalue weighted by atomic mass is 10.1. The number of carbonyl (C=O) groups excluding carboxylic acids is 2. The van der Waals surface area contributed by atoms with Crippen LogP contribution < -0.4 is 5.32 Å². The van der Waals surface area contributed by atoms with Crippen molar-refractivity contribution < 1.29 is 22.7 Å². The van der Waals surface area contributed by atoms with Crippen LogP contribution in [-0.2, 0) is 26.7 Å². The van der Waals surface area contributed by atoms with Crippen molar-refractivity contribution in [1.29, 1.82) is 5.26 Å². The van der Waals surface area contributed by atoms with E-state index in [9.17, 15) is 18.0 Å². The number of carbonyl (C=O) groups is 2. The van der Waals surface area contributed by atoms with E-state index in [-0.39, 0.29) is 40.8 Å². The highest BCUT2D eigenvalue weighted by atomic mass is 32.2. The molecule has 0 atom stereocenters. The molecule has 8 nitrogen and oxygen atoms in total. The van der Waals surface area contributed by atoms with E-state index in [0.717, 1.165) is 11.3 Å². The molecular formula is C18H17N3O5S2. The molecule has 0 fully saturated rings. The highest BCUT2D eigenvalue weighted by Gasteiger charge is 2.32. The first-order chi connectivity index (χ1) is 13.3. The minimum absolute atomic E-state index is 0.0487. The van der Waals surface area contributed by atoms with Gasteiger partial charge in [0.05, 0.1) is 34.9 Å². The molecule has 1 amide bonds. The second-order valence-corrected chi connectivity index (χ2v) is 9.46. The topological polar surface area (TPSA) is 126 Å². The third kappa shape index (κ3) is 3.90. The Labute approximate surface area is 166 Å². The molecule has 0 aliphatic carbocycles. The second-order valence-electron chi connectivity index (χ2n) is 6.17. The predicted octanol–water partition coefficient (Wildman–Crippen LogP) is 2.22. The molecule has 1 N–H and O–H groups in total. The first-order valence-electron chi connectivity index (χ1n) is 8.47. The van der Waals surface area contributed by atoms with Gasteiger partial charge in [0.25, 0.3) is 5.91 Å². The molecule has 1 aliphatic rings. The molecule has 0 saturated carbocycles. The average Bonchev–Trinajstić information content (AvgIpc) is 2.97. The van der Waals surface area contributed by atoms with Gasteiger partial charge >= 0.3 is 5.97 Å². The molecule has 10 heteroatoms. The minimum Gasteiger partial charge on any atom is -0.462 e. The number of amides is 1. The molecule has 3 heterocycles. The molecule has 0 saturated heterocycles. The third-order valence-electron chi connectivity index (χ3n) is 4.25. The predicted molar refractivity (Wildman–Crippen MR) is 103 cm³/mol. The van der Waals surface area contributed by atoms with Gasteiger partial charge in [0.1, 0.15) is 16.8 Å². The number of ether oxygens (including phenoxy) is 1. The van der Waals surface area contributed by atoms with E-state index in [1.54, 1.807) is 13.8 Å². The fourth-order valence-corrected chi connectivity index (χ4v) is 5.94. The van der Waals surface area contributed by atoms with Gasteiger partial charge in [-0.05, 0) is 38.0 Å². The highest BCUT2D eigenvalue weighted by Crippen LogP contribution is 2.38. The lowest BCUT2D eigenvalue weighted by Crippen LogP contribution is -2.20. The summed E-state index contributed by atoms with van der Waals surface area (Å²) in [4.78, 5) is 29.7. The average molecular weight is 419 g/mol. The zero-order valence-corrected chi connectivity index (χ0v) is 16.9. The molecule has 2 aromatic heterocycles. The van der Waals surface area contributed by atoms with Crippen molar-refractivity contribution >= 4 is 38.1 Å². The molecule has 0 bridgehead atoms. The van der Waals surface area contributed by atoms with E-state index in [0.29, 0.717) is 21.7 Å². The molecule has 3 rings (SSSR count). The normalized spacial score (nSPS) is 14.6. The van der Waals surface area contributed by atoms with Crippen LogP contribution in [0.25, 0.3) is 0 Å². The number of sulfone groups is 1. The smallest absolute Gasteiger partial charge is 0.341 e. The molecule has 0 radical (unpaired) electrons. The zero-order valence-electron chi connectivity index (χ0n) is 15.2. The fourth-order valence-electron chi connectivity index (χ4n) is 2.90. The molecule has 0 unspecified atom stereocenters. The third-order valence-corrected chi connectivity index (χ3v) is 7.14. The van der Waals surface area contributed by atoms with Crippen LogP contribution in [0.4, 0.5) is 5.00 Å². The summed E-state index contributed by atoms with van der Waals surface area (Å²) in [5, 5.41) is 11.9. The van der Waals surface area contributed by atoms with Crippen LogP contribution in [-0.4, -0.2) is 37.6 Å². The van der Waals surface area contributed by atoms with Gasteiger partial charge in [-0.25, -0.2) is 18.2 Å². The number of rotatable bonds is 4. The van der Waals surface area contributed by atoms with Gasteiger partial charge in [0.15, 0.2) is 9.84 Å². The number of nitrogens with zero attached hydrogens (tertiary/aromatic N) is 2. The van der Waals surface area contributed by atoms with Gasteiger partial charge in [-0.15, -0.1) is 11.3 Å². The van der Waals surface area contributed by atoms with Crippen molar-refractivity contribution in [2.45, 2.75) is 26.0 Å². The monoisotopic (exact) mass is 419 g/mol. The van der Waals surface area contributed by atoms with Crippen molar-refractivity contribution in [3.8, 4) is 6.07 Å². The molecule has 146 valence electrons. The zero-order chi connectivity index (χ0) is 20.5. The first kappa shape index (κ1) is 20.0. The van der Waals surface area contributed by atoms with Crippen LogP contribution >= 0.6 is 11.3 Å². The Balaban J connectivity index is 1.98. The van der Waals surface area contributed by atoms with E-state index in [2.05, 4.69) is 10.3 Å². The summed E-state index contributed by atoms with van der Waals surface area (Å²) < 4.78 is 29.0. The number of hydrogen-bond donors (Lipinski definition) is 1. The maximum absolute atomic E-state index is 12.6. The quantitative estimate of drug-likeness (QED) is 0.753. The number of thiophene rings is 1. The fraction of sp³-hybridized carbons (Fsp3) is 0.333. The van der Waals surface area contributed by atoms with E-state index in [4.69, 9.17) is 10.00 Å².